The molecular weight excluding hydrogens is 540 g/mol. The first-order valence-corrected chi connectivity index (χ1v) is 13.6. The van der Waals surface area contributed by atoms with E-state index < -0.39 is 42.6 Å². The lowest BCUT2D eigenvalue weighted by Gasteiger charge is -2.38. The van der Waals surface area contributed by atoms with E-state index >= 15 is 0 Å². The molecular formula is C28H38N2O11. The second-order valence-corrected chi connectivity index (χ2v) is 10.0. The van der Waals surface area contributed by atoms with Gasteiger partial charge in [-0.25, -0.2) is 4.79 Å². The quantitative estimate of drug-likeness (QED) is 0.161. The molecule has 1 aromatic rings. The van der Waals surface area contributed by atoms with Gasteiger partial charge in [0, 0.05) is 37.7 Å². The van der Waals surface area contributed by atoms with E-state index in [0.29, 0.717) is 31.6 Å². The number of rotatable bonds is 15. The van der Waals surface area contributed by atoms with Crippen molar-refractivity contribution < 1.29 is 53.8 Å². The first-order valence-electron chi connectivity index (χ1n) is 13.6. The maximum Gasteiger partial charge on any atom is 0.335 e. The molecule has 4 N–H and O–H groups in total. The fourth-order valence-electron chi connectivity index (χ4n) is 4.55. The number of hydrogen-bond acceptors (Lipinski definition) is 11. The van der Waals surface area contributed by atoms with Crippen LogP contribution in [0.4, 0.5) is 0 Å². The number of carboxylic acid groups (broad SMARTS) is 1. The van der Waals surface area contributed by atoms with Crippen LogP contribution in [0.25, 0.3) is 0 Å². The van der Waals surface area contributed by atoms with Gasteiger partial charge in [-0.3, -0.25) is 19.3 Å². The van der Waals surface area contributed by atoms with Crippen LogP contribution in [0.3, 0.4) is 0 Å². The Balaban J connectivity index is 1.68. The molecule has 226 valence electrons. The Morgan fingerprint density at radius 2 is 1.68 bits per heavy atom. The Hall–Kier alpha value is -3.36. The summed E-state index contributed by atoms with van der Waals surface area (Å²) >= 11 is 0. The maximum absolute atomic E-state index is 11.9. The van der Waals surface area contributed by atoms with Gasteiger partial charge in [0.05, 0.1) is 0 Å². The molecule has 3 rings (SSSR count). The van der Waals surface area contributed by atoms with Crippen LogP contribution < -0.4 is 4.74 Å². The van der Waals surface area contributed by atoms with Gasteiger partial charge in [-0.2, -0.15) is 0 Å². The van der Waals surface area contributed by atoms with E-state index in [1.807, 2.05) is 6.07 Å². The molecule has 0 saturated carbocycles. The maximum atomic E-state index is 11.9. The number of imide groups is 1. The van der Waals surface area contributed by atoms with Crippen LogP contribution in [0, 0.1) is 0 Å². The first-order chi connectivity index (χ1) is 19.5. The number of aliphatic carboxylic acids is 1. The summed E-state index contributed by atoms with van der Waals surface area (Å²) in [6, 6.07) is 5.16. The summed E-state index contributed by atoms with van der Waals surface area (Å²) in [7, 11) is 0. The van der Waals surface area contributed by atoms with Crippen molar-refractivity contribution >= 4 is 23.8 Å². The van der Waals surface area contributed by atoms with E-state index in [9.17, 15) is 39.6 Å². The molecule has 0 aliphatic carbocycles. The van der Waals surface area contributed by atoms with Crippen LogP contribution in [0.5, 0.6) is 5.75 Å². The van der Waals surface area contributed by atoms with Crippen molar-refractivity contribution in [1.29, 1.82) is 0 Å². The number of carbonyl (C=O) groups is 4. The van der Waals surface area contributed by atoms with Crippen LogP contribution in [0.15, 0.2) is 30.4 Å². The lowest BCUT2D eigenvalue weighted by Crippen LogP contribution is -2.61. The Morgan fingerprint density at radius 1 is 1.00 bits per heavy atom. The predicted octanol–water partition coefficient (Wildman–Crippen LogP) is -0.0196. The van der Waals surface area contributed by atoms with Crippen LogP contribution in [-0.2, 0) is 41.7 Å². The monoisotopic (exact) mass is 578 g/mol. The summed E-state index contributed by atoms with van der Waals surface area (Å²) < 4.78 is 16.1. The van der Waals surface area contributed by atoms with E-state index in [4.69, 9.17) is 14.2 Å². The number of aliphatic hydroxyl groups is 3. The van der Waals surface area contributed by atoms with E-state index in [-0.39, 0.29) is 24.2 Å². The van der Waals surface area contributed by atoms with Crippen molar-refractivity contribution in [3.8, 4) is 5.75 Å². The van der Waals surface area contributed by atoms with E-state index in [2.05, 4.69) is 11.8 Å². The number of carboxylic acids is 1. The zero-order valence-electron chi connectivity index (χ0n) is 23.2. The molecule has 5 atom stereocenters. The van der Waals surface area contributed by atoms with Crippen LogP contribution in [-0.4, -0.2) is 111 Å². The number of carbonyl (C=O) groups excluding carboxylic acids is 3. The molecule has 0 aromatic heterocycles. The molecule has 0 radical (unpaired) electrons. The number of amides is 2. The third-order valence-corrected chi connectivity index (χ3v) is 6.93. The Kier molecular flexibility index (Phi) is 11.8. The fraction of sp³-hybridized carbons (Fsp3) is 0.571. The summed E-state index contributed by atoms with van der Waals surface area (Å²) in [5, 5.41) is 39.8. The molecule has 0 bridgehead atoms. The van der Waals surface area contributed by atoms with Gasteiger partial charge in [0.25, 0.3) is 11.8 Å². The molecule has 1 aromatic carbocycles. The number of esters is 1. The van der Waals surface area contributed by atoms with E-state index in [0.717, 1.165) is 31.4 Å². The number of benzene rings is 1. The van der Waals surface area contributed by atoms with E-state index in [1.165, 1.54) is 24.0 Å². The standard InChI is InChI=1S/C28H38N2O11/c1-3-4-11-29(13-14-30-21(32)9-10-22(30)33)12-5-6-18-7-8-19(16-39-17(2)31)20(15-18)40-28-25(36)23(34)24(35)26(41-28)27(37)38/h7-10,15,23-26,28,34-36H,3-6,11-14,16H2,1-2H3,(H,37,38)/t23-,24-,25+,26-,28+/m0/s1. The molecule has 1 fully saturated rings. The normalized spacial score (nSPS) is 24.2. The van der Waals surface area contributed by atoms with Gasteiger partial charge in [0.2, 0.25) is 6.29 Å². The van der Waals surface area contributed by atoms with Gasteiger partial charge in [-0.1, -0.05) is 25.5 Å². The smallest absolute Gasteiger partial charge is 0.335 e. The molecule has 2 aliphatic heterocycles. The molecule has 13 nitrogen and oxygen atoms in total. The Bertz CT molecular complexity index is 1110. The van der Waals surface area contributed by atoms with Crippen LogP contribution in [0.1, 0.15) is 44.2 Å². The zero-order chi connectivity index (χ0) is 30.1. The van der Waals surface area contributed by atoms with Crippen molar-refractivity contribution in [3.05, 3.63) is 41.5 Å². The highest BCUT2D eigenvalue weighted by Gasteiger charge is 2.48. The zero-order valence-corrected chi connectivity index (χ0v) is 23.2. The minimum Gasteiger partial charge on any atom is -0.479 e. The molecule has 2 amide bonds. The highest BCUT2D eigenvalue weighted by atomic mass is 16.7. The SMILES string of the molecule is CCCCN(CCCc1ccc(COC(C)=O)c(O[C@@H]2O[C@H](C(=O)O)[C@@H](O)[C@H](O)[C@H]2O)c1)CCN1C(=O)C=CC1=O. The lowest BCUT2D eigenvalue weighted by molar-refractivity contribution is -0.271. The van der Waals surface area contributed by atoms with Crippen molar-refractivity contribution in [2.75, 3.05) is 26.2 Å². The number of unbranched alkanes of at least 4 members (excludes halogenated alkanes) is 1. The molecule has 1 saturated heterocycles. The Morgan fingerprint density at radius 3 is 2.32 bits per heavy atom. The second-order valence-electron chi connectivity index (χ2n) is 10.0. The summed E-state index contributed by atoms with van der Waals surface area (Å²) in [6.07, 6.45) is -3.05. The number of aryl methyl sites for hydroxylation is 1. The minimum absolute atomic E-state index is 0.155. The number of aliphatic hydroxyl groups excluding tert-OH is 3. The topological polar surface area (TPSA) is 183 Å². The second kappa shape index (κ2) is 15.0. The first kappa shape index (κ1) is 32.2. The summed E-state index contributed by atoms with van der Waals surface area (Å²) in [5.41, 5.74) is 1.25. The molecule has 2 heterocycles. The van der Waals surface area contributed by atoms with Gasteiger partial charge in [0.15, 0.2) is 6.10 Å². The number of ether oxygens (including phenoxy) is 3. The average Bonchev–Trinajstić information content (AvgIpc) is 3.25. The molecule has 0 unspecified atom stereocenters. The lowest BCUT2D eigenvalue weighted by atomic mass is 9.99. The summed E-state index contributed by atoms with van der Waals surface area (Å²) in [4.78, 5) is 50.0. The summed E-state index contributed by atoms with van der Waals surface area (Å²) in [5.74, 6) is -2.53. The predicted molar refractivity (Wildman–Crippen MR) is 142 cm³/mol. The van der Waals surface area contributed by atoms with Gasteiger partial charge in [0.1, 0.15) is 30.7 Å². The highest BCUT2D eigenvalue weighted by Crippen LogP contribution is 2.29. The Labute approximate surface area is 237 Å². The molecule has 0 spiro atoms. The van der Waals surface area contributed by atoms with Crippen molar-refractivity contribution in [2.24, 2.45) is 0 Å². The average molecular weight is 579 g/mol. The van der Waals surface area contributed by atoms with Gasteiger partial charge < -0.3 is 39.5 Å². The van der Waals surface area contributed by atoms with Crippen LogP contribution in [0.2, 0.25) is 0 Å². The number of hydrogen-bond donors (Lipinski definition) is 4. The van der Waals surface area contributed by atoms with Crippen molar-refractivity contribution in [3.63, 3.8) is 0 Å². The van der Waals surface area contributed by atoms with E-state index in [1.54, 1.807) is 12.1 Å². The van der Waals surface area contributed by atoms with Gasteiger partial charge in [-0.05, 0) is 44.0 Å². The van der Waals surface area contributed by atoms with Gasteiger partial charge in [-0.15, -0.1) is 0 Å². The van der Waals surface area contributed by atoms with Crippen molar-refractivity contribution in [1.82, 2.24) is 9.80 Å². The molecule has 2 aliphatic rings. The third kappa shape index (κ3) is 8.81. The fourth-order valence-corrected chi connectivity index (χ4v) is 4.55. The van der Waals surface area contributed by atoms with Crippen molar-refractivity contribution in [2.45, 2.75) is 76.8 Å². The number of nitrogens with zero attached hydrogens (tertiary/aromatic N) is 2. The minimum atomic E-state index is -1.86. The molecule has 13 heteroatoms. The van der Waals surface area contributed by atoms with Gasteiger partial charge >= 0.3 is 11.9 Å². The van der Waals surface area contributed by atoms with Crippen LogP contribution >= 0.6 is 0 Å². The third-order valence-electron chi connectivity index (χ3n) is 6.93. The summed E-state index contributed by atoms with van der Waals surface area (Å²) in [6.45, 7) is 5.53. The molecule has 41 heavy (non-hydrogen) atoms. The highest BCUT2D eigenvalue weighted by molar-refractivity contribution is 6.12. The largest absolute Gasteiger partial charge is 0.479 e.